The zero-order valence-electron chi connectivity index (χ0n) is 16.3. The van der Waals surface area contributed by atoms with Gasteiger partial charge in [-0.15, -0.1) is 0 Å². The normalized spacial score (nSPS) is 28.2. The molecule has 1 aliphatic carbocycles. The van der Waals surface area contributed by atoms with E-state index in [1.54, 1.807) is 0 Å². The minimum Gasteiger partial charge on any atom is -0.383 e. The number of rotatable bonds is 9. The zero-order valence-corrected chi connectivity index (χ0v) is 16.3. The largest absolute Gasteiger partial charge is 0.383 e. The fourth-order valence-corrected chi connectivity index (χ4v) is 3.57. The predicted octanol–water partition coefficient (Wildman–Crippen LogP) is 3.25. The van der Waals surface area contributed by atoms with Crippen LogP contribution in [0.5, 0.6) is 0 Å². The number of nitrogens with one attached hydrogen (secondary N) is 1. The van der Waals surface area contributed by atoms with Gasteiger partial charge in [-0.2, -0.15) is 5.26 Å². The van der Waals surface area contributed by atoms with Crippen LogP contribution in [0.1, 0.15) is 46.5 Å². The van der Waals surface area contributed by atoms with Gasteiger partial charge in [-0.3, -0.25) is 4.99 Å². The number of allylic oxidation sites excluding steroid dienone is 2. The molecule has 0 bridgehead atoms. The molecule has 26 heavy (non-hydrogen) atoms. The van der Waals surface area contributed by atoms with Gasteiger partial charge in [-0.05, 0) is 70.4 Å². The van der Waals surface area contributed by atoms with E-state index in [-0.39, 0.29) is 12.0 Å². The van der Waals surface area contributed by atoms with Gasteiger partial charge in [0.25, 0.3) is 0 Å². The molecule has 0 aromatic rings. The predicted molar refractivity (Wildman–Crippen MR) is 107 cm³/mol. The van der Waals surface area contributed by atoms with Gasteiger partial charge in [-0.1, -0.05) is 18.7 Å². The van der Waals surface area contributed by atoms with Crippen molar-refractivity contribution in [3.63, 3.8) is 0 Å². The minimum atomic E-state index is -0.872. The molecule has 1 heterocycles. The summed E-state index contributed by atoms with van der Waals surface area (Å²) in [7, 11) is 0. The van der Waals surface area contributed by atoms with Gasteiger partial charge in [0.05, 0.1) is 6.04 Å². The van der Waals surface area contributed by atoms with Crippen molar-refractivity contribution in [2.45, 2.75) is 64.1 Å². The van der Waals surface area contributed by atoms with Gasteiger partial charge in [0.1, 0.15) is 6.07 Å². The summed E-state index contributed by atoms with van der Waals surface area (Å²) in [5, 5.41) is 13.3. The van der Waals surface area contributed by atoms with Crippen LogP contribution in [-0.2, 0) is 4.74 Å². The second-order valence-corrected chi connectivity index (χ2v) is 7.21. The lowest BCUT2D eigenvalue weighted by Crippen LogP contribution is -2.36. The summed E-state index contributed by atoms with van der Waals surface area (Å²) in [6, 6.07) is 2.96. The first-order valence-electron chi connectivity index (χ1n) is 9.56. The quantitative estimate of drug-likeness (QED) is 0.491. The Balaban J connectivity index is 2.28. The maximum absolute atomic E-state index is 9.85. The molecular formula is C21H32N4O. The molecule has 1 saturated carbocycles. The minimum absolute atomic E-state index is 0.00479. The lowest BCUT2D eigenvalue weighted by molar-refractivity contribution is 0.0571. The molecule has 142 valence electrons. The van der Waals surface area contributed by atoms with Crippen molar-refractivity contribution in [2.75, 3.05) is 13.2 Å². The molecule has 0 aromatic heterocycles. The van der Waals surface area contributed by atoms with Crippen LogP contribution in [0.3, 0.4) is 0 Å². The van der Waals surface area contributed by atoms with Crippen molar-refractivity contribution < 1.29 is 4.74 Å². The van der Waals surface area contributed by atoms with Gasteiger partial charge in [0.15, 0.2) is 5.60 Å². The van der Waals surface area contributed by atoms with E-state index in [4.69, 9.17) is 10.5 Å². The Bertz CT molecular complexity index is 639. The first kappa shape index (κ1) is 20.4. The topological polar surface area (TPSA) is 83.4 Å². The van der Waals surface area contributed by atoms with E-state index >= 15 is 0 Å². The molecule has 2 aliphatic rings. The van der Waals surface area contributed by atoms with E-state index in [9.17, 15) is 5.26 Å². The number of nitrogens with zero attached hydrogens (tertiary/aromatic N) is 2. The van der Waals surface area contributed by atoms with Crippen molar-refractivity contribution in [2.24, 2.45) is 16.6 Å². The molecule has 0 radical (unpaired) electrons. The lowest BCUT2D eigenvalue weighted by Gasteiger charge is -2.28. The highest BCUT2D eigenvalue weighted by Gasteiger charge is 2.45. The highest BCUT2D eigenvalue weighted by molar-refractivity contribution is 5.55. The van der Waals surface area contributed by atoms with Gasteiger partial charge >= 0.3 is 0 Å². The average molecular weight is 357 g/mol. The Labute approximate surface area is 157 Å². The number of nitriles is 1. The summed E-state index contributed by atoms with van der Waals surface area (Å²) in [5.41, 5.74) is 7.73. The van der Waals surface area contributed by atoms with Crippen LogP contribution in [0.15, 0.2) is 40.6 Å². The number of ether oxygens (including phenoxy) is 1. The van der Waals surface area contributed by atoms with Crippen LogP contribution in [-0.4, -0.2) is 37.1 Å². The van der Waals surface area contributed by atoms with Crippen LogP contribution in [0, 0.1) is 17.2 Å². The van der Waals surface area contributed by atoms with Gasteiger partial charge in [0.2, 0.25) is 0 Å². The molecule has 1 saturated heterocycles. The summed E-state index contributed by atoms with van der Waals surface area (Å²) in [6.07, 6.45) is 9.89. The molecule has 5 heteroatoms. The molecule has 1 aliphatic heterocycles. The molecule has 0 amide bonds. The van der Waals surface area contributed by atoms with Crippen LogP contribution in [0.4, 0.5) is 0 Å². The second kappa shape index (κ2) is 9.16. The molecule has 3 N–H and O–H groups in total. The van der Waals surface area contributed by atoms with E-state index in [1.807, 2.05) is 32.2 Å². The Hall–Kier alpha value is -1.90. The maximum atomic E-state index is 9.85. The van der Waals surface area contributed by atoms with E-state index in [1.165, 1.54) is 12.8 Å². The average Bonchev–Trinajstić information content (AvgIpc) is 3.33. The van der Waals surface area contributed by atoms with Crippen molar-refractivity contribution in [3.8, 4) is 6.07 Å². The number of aliphatic imine (C=N–C) groups is 1. The SMILES string of the molecule is C=C(NC1CC1)/C(=C/C=C(\C)[C@]1(C#N)OCCC1CCN)C(C)N=CC. The Morgan fingerprint density at radius 2 is 2.19 bits per heavy atom. The van der Waals surface area contributed by atoms with E-state index in [0.29, 0.717) is 19.2 Å². The molecule has 3 atom stereocenters. The van der Waals surface area contributed by atoms with Crippen LogP contribution in [0.25, 0.3) is 0 Å². The Kier molecular flexibility index (Phi) is 7.19. The highest BCUT2D eigenvalue weighted by Crippen LogP contribution is 2.39. The smallest absolute Gasteiger partial charge is 0.178 e. The monoisotopic (exact) mass is 356 g/mol. The lowest BCUT2D eigenvalue weighted by atomic mass is 9.80. The molecule has 0 aromatic carbocycles. The summed E-state index contributed by atoms with van der Waals surface area (Å²) >= 11 is 0. The standard InChI is InChI=1S/C21H32N4O/c1-5-24-16(3)20(17(4)25-19-7-8-19)9-6-15(2)21(14-23)18(10-12-22)11-13-26-21/h5-6,9,16,18-19,25H,4,7-8,10-13,22H2,1-3H3/b15-6+,20-9+,24-5?/t16?,18?,21-/m0/s1. The summed E-state index contributed by atoms with van der Waals surface area (Å²) in [6.45, 7) is 11.3. The van der Waals surface area contributed by atoms with E-state index in [0.717, 1.165) is 29.7 Å². The number of hydrogen-bond acceptors (Lipinski definition) is 5. The number of hydrogen-bond donors (Lipinski definition) is 2. The maximum Gasteiger partial charge on any atom is 0.178 e. The molecule has 2 unspecified atom stereocenters. The highest BCUT2D eigenvalue weighted by atomic mass is 16.5. The number of nitrogens with two attached hydrogens (primary N) is 1. The van der Waals surface area contributed by atoms with Crippen molar-refractivity contribution in [3.05, 3.63) is 35.6 Å². The van der Waals surface area contributed by atoms with Gasteiger partial charge < -0.3 is 15.8 Å². The van der Waals surface area contributed by atoms with Crippen molar-refractivity contribution >= 4 is 6.21 Å². The summed E-state index contributed by atoms with van der Waals surface area (Å²) in [4.78, 5) is 4.49. The molecule has 2 fully saturated rings. The van der Waals surface area contributed by atoms with Gasteiger partial charge in [0, 0.05) is 24.3 Å². The Morgan fingerprint density at radius 3 is 2.77 bits per heavy atom. The first-order chi connectivity index (χ1) is 12.5. The van der Waals surface area contributed by atoms with Crippen molar-refractivity contribution in [1.29, 1.82) is 5.26 Å². The van der Waals surface area contributed by atoms with E-state index < -0.39 is 5.60 Å². The van der Waals surface area contributed by atoms with Crippen LogP contribution < -0.4 is 11.1 Å². The third kappa shape index (κ3) is 4.63. The Morgan fingerprint density at radius 1 is 1.46 bits per heavy atom. The summed E-state index contributed by atoms with van der Waals surface area (Å²) < 4.78 is 5.91. The second-order valence-electron chi connectivity index (χ2n) is 7.21. The third-order valence-corrected chi connectivity index (χ3v) is 5.28. The van der Waals surface area contributed by atoms with Crippen LogP contribution in [0.2, 0.25) is 0 Å². The third-order valence-electron chi connectivity index (χ3n) is 5.28. The molecule has 5 nitrogen and oxygen atoms in total. The summed E-state index contributed by atoms with van der Waals surface area (Å²) in [5.74, 6) is 0.143. The zero-order chi connectivity index (χ0) is 19.2. The van der Waals surface area contributed by atoms with Crippen LogP contribution >= 0.6 is 0 Å². The van der Waals surface area contributed by atoms with E-state index in [2.05, 4.69) is 29.9 Å². The molecule has 0 spiro atoms. The first-order valence-corrected chi connectivity index (χ1v) is 9.56. The molecule has 2 rings (SSSR count). The van der Waals surface area contributed by atoms with Crippen molar-refractivity contribution in [1.82, 2.24) is 5.32 Å². The fraction of sp³-hybridized carbons (Fsp3) is 0.619. The van der Waals surface area contributed by atoms with Gasteiger partial charge in [-0.25, -0.2) is 0 Å². The fourth-order valence-electron chi connectivity index (χ4n) is 3.57. The molecular weight excluding hydrogens is 324 g/mol.